The predicted molar refractivity (Wildman–Crippen MR) is 93.4 cm³/mol. The molecule has 2 aromatic rings. The van der Waals surface area contributed by atoms with Gasteiger partial charge in [-0.15, -0.1) is 0 Å². The van der Waals surface area contributed by atoms with E-state index in [1.807, 2.05) is 47.4 Å². The summed E-state index contributed by atoms with van der Waals surface area (Å²) in [4.78, 5) is 14.5. The average molecular weight is 311 g/mol. The minimum atomic E-state index is 0.193. The van der Waals surface area contributed by atoms with Crippen molar-refractivity contribution in [3.05, 3.63) is 65.7 Å². The minimum absolute atomic E-state index is 0.193. The predicted octanol–water partition coefficient (Wildman–Crippen LogP) is 4.07. The van der Waals surface area contributed by atoms with Crippen LogP contribution in [-0.4, -0.2) is 24.0 Å². The van der Waals surface area contributed by atoms with Crippen LogP contribution in [0.3, 0.4) is 0 Å². The molecule has 0 fully saturated rings. The fourth-order valence-electron chi connectivity index (χ4n) is 2.53. The maximum atomic E-state index is 12.6. The van der Waals surface area contributed by atoms with Crippen LogP contribution in [0.5, 0.6) is 5.75 Å². The van der Waals surface area contributed by atoms with Gasteiger partial charge in [-0.3, -0.25) is 4.79 Å². The molecule has 0 N–H and O–H groups in total. The molecule has 3 heteroatoms. The van der Waals surface area contributed by atoms with E-state index in [9.17, 15) is 4.79 Å². The van der Waals surface area contributed by atoms with Gasteiger partial charge in [0.1, 0.15) is 5.75 Å². The molecule has 0 saturated heterocycles. The Hall–Kier alpha value is -2.29. The summed E-state index contributed by atoms with van der Waals surface area (Å²) in [5, 5.41) is 0. The lowest BCUT2D eigenvalue weighted by Gasteiger charge is -2.27. The first-order chi connectivity index (χ1) is 11.1. The van der Waals surface area contributed by atoms with Gasteiger partial charge in [0.15, 0.2) is 0 Å². The van der Waals surface area contributed by atoms with E-state index < -0.39 is 0 Å². The Kier molecular flexibility index (Phi) is 6.21. The lowest BCUT2D eigenvalue weighted by Crippen LogP contribution is -2.36. The van der Waals surface area contributed by atoms with Crippen molar-refractivity contribution in [1.82, 2.24) is 4.90 Å². The summed E-state index contributed by atoms with van der Waals surface area (Å²) < 4.78 is 5.16. The van der Waals surface area contributed by atoms with Gasteiger partial charge >= 0.3 is 0 Å². The molecular weight excluding hydrogens is 286 g/mol. The van der Waals surface area contributed by atoms with Crippen molar-refractivity contribution < 1.29 is 9.53 Å². The first kappa shape index (κ1) is 17.1. The maximum Gasteiger partial charge on any atom is 0.223 e. The maximum absolute atomic E-state index is 12.6. The highest BCUT2D eigenvalue weighted by Gasteiger charge is 2.17. The van der Waals surface area contributed by atoms with Crippen LogP contribution in [0.15, 0.2) is 54.6 Å². The van der Waals surface area contributed by atoms with Gasteiger partial charge in [-0.1, -0.05) is 42.5 Å². The Labute approximate surface area is 138 Å². The smallest absolute Gasteiger partial charge is 0.223 e. The Morgan fingerprint density at radius 3 is 2.22 bits per heavy atom. The number of hydrogen-bond acceptors (Lipinski definition) is 2. The molecule has 0 saturated carbocycles. The monoisotopic (exact) mass is 311 g/mol. The van der Waals surface area contributed by atoms with E-state index >= 15 is 0 Å². The van der Waals surface area contributed by atoms with Gasteiger partial charge in [0.2, 0.25) is 5.91 Å². The van der Waals surface area contributed by atoms with Crippen LogP contribution in [0.2, 0.25) is 0 Å². The summed E-state index contributed by atoms with van der Waals surface area (Å²) in [6.45, 7) is 4.79. The molecule has 0 spiro atoms. The van der Waals surface area contributed by atoms with E-state index in [-0.39, 0.29) is 11.9 Å². The van der Waals surface area contributed by atoms with Crippen LogP contribution in [-0.2, 0) is 17.8 Å². The summed E-state index contributed by atoms with van der Waals surface area (Å²) in [7, 11) is 1.66. The standard InChI is InChI=1S/C20H25NO2/c1-16(2)21(15-18-7-5-4-6-8-18)20(22)14-11-17-9-12-19(23-3)13-10-17/h4-10,12-13,16H,11,14-15H2,1-3H3. The summed E-state index contributed by atoms with van der Waals surface area (Å²) in [6, 6.07) is 18.2. The molecule has 0 atom stereocenters. The number of aryl methyl sites for hydroxylation is 1. The summed E-state index contributed by atoms with van der Waals surface area (Å²) in [6.07, 6.45) is 1.28. The molecule has 0 heterocycles. The number of nitrogens with zero attached hydrogens (tertiary/aromatic N) is 1. The van der Waals surface area contributed by atoms with Crippen molar-refractivity contribution in [2.45, 2.75) is 39.3 Å². The minimum Gasteiger partial charge on any atom is -0.497 e. The highest BCUT2D eigenvalue weighted by atomic mass is 16.5. The van der Waals surface area contributed by atoms with E-state index in [0.717, 1.165) is 17.7 Å². The number of carbonyl (C=O) groups is 1. The second kappa shape index (κ2) is 8.37. The lowest BCUT2D eigenvalue weighted by atomic mass is 10.1. The Bertz CT molecular complexity index is 605. The van der Waals surface area contributed by atoms with Crippen LogP contribution in [0.4, 0.5) is 0 Å². The number of carbonyl (C=O) groups excluding carboxylic acids is 1. The van der Waals surface area contributed by atoms with Gasteiger partial charge in [0, 0.05) is 19.0 Å². The quantitative estimate of drug-likeness (QED) is 0.771. The van der Waals surface area contributed by atoms with Crippen molar-refractivity contribution >= 4 is 5.91 Å². The summed E-state index contributed by atoms with van der Waals surface area (Å²) >= 11 is 0. The number of ether oxygens (including phenoxy) is 1. The normalized spacial score (nSPS) is 10.6. The highest BCUT2D eigenvalue weighted by molar-refractivity contribution is 5.76. The van der Waals surface area contributed by atoms with E-state index in [1.54, 1.807) is 7.11 Å². The van der Waals surface area contributed by atoms with E-state index in [1.165, 1.54) is 5.56 Å². The first-order valence-corrected chi connectivity index (χ1v) is 8.06. The Morgan fingerprint density at radius 2 is 1.65 bits per heavy atom. The Balaban J connectivity index is 1.95. The molecule has 0 aliphatic heterocycles. The molecule has 23 heavy (non-hydrogen) atoms. The fourth-order valence-corrected chi connectivity index (χ4v) is 2.53. The van der Waals surface area contributed by atoms with Crippen LogP contribution in [0.25, 0.3) is 0 Å². The average Bonchev–Trinajstić information content (AvgIpc) is 2.58. The number of benzene rings is 2. The second-order valence-corrected chi connectivity index (χ2v) is 5.95. The SMILES string of the molecule is COc1ccc(CCC(=O)N(Cc2ccccc2)C(C)C)cc1. The van der Waals surface area contributed by atoms with Gasteiger partial charge in [0.05, 0.1) is 7.11 Å². The Morgan fingerprint density at radius 1 is 1.00 bits per heavy atom. The zero-order valence-electron chi connectivity index (χ0n) is 14.2. The molecule has 0 unspecified atom stereocenters. The molecule has 3 nitrogen and oxygen atoms in total. The molecule has 0 aliphatic rings. The van der Waals surface area contributed by atoms with Crippen molar-refractivity contribution in [3.8, 4) is 5.75 Å². The van der Waals surface area contributed by atoms with Crippen molar-refractivity contribution in [3.63, 3.8) is 0 Å². The molecule has 0 radical (unpaired) electrons. The molecule has 0 bridgehead atoms. The van der Waals surface area contributed by atoms with Crippen LogP contribution in [0, 0.1) is 0 Å². The van der Waals surface area contributed by atoms with Crippen molar-refractivity contribution in [2.75, 3.05) is 7.11 Å². The third-order valence-corrected chi connectivity index (χ3v) is 3.93. The molecule has 0 aliphatic carbocycles. The van der Waals surface area contributed by atoms with Gasteiger partial charge in [-0.05, 0) is 43.5 Å². The molecule has 122 valence electrons. The van der Waals surface area contributed by atoms with Crippen LogP contribution < -0.4 is 4.74 Å². The van der Waals surface area contributed by atoms with Gasteiger partial charge in [0.25, 0.3) is 0 Å². The summed E-state index contributed by atoms with van der Waals surface area (Å²) in [5.41, 5.74) is 2.32. The molecule has 2 aromatic carbocycles. The van der Waals surface area contributed by atoms with E-state index in [2.05, 4.69) is 26.0 Å². The van der Waals surface area contributed by atoms with E-state index in [0.29, 0.717) is 13.0 Å². The van der Waals surface area contributed by atoms with Crippen molar-refractivity contribution in [1.29, 1.82) is 0 Å². The number of methoxy groups -OCH3 is 1. The number of hydrogen-bond donors (Lipinski definition) is 0. The topological polar surface area (TPSA) is 29.5 Å². The highest BCUT2D eigenvalue weighted by Crippen LogP contribution is 2.15. The van der Waals surface area contributed by atoms with Gasteiger partial charge < -0.3 is 9.64 Å². The number of amides is 1. The fraction of sp³-hybridized carbons (Fsp3) is 0.350. The van der Waals surface area contributed by atoms with Gasteiger partial charge in [-0.2, -0.15) is 0 Å². The van der Waals surface area contributed by atoms with Crippen LogP contribution in [0.1, 0.15) is 31.4 Å². The third-order valence-electron chi connectivity index (χ3n) is 3.93. The largest absolute Gasteiger partial charge is 0.497 e. The molecular formula is C20H25NO2. The third kappa shape index (κ3) is 5.13. The van der Waals surface area contributed by atoms with Gasteiger partial charge in [-0.25, -0.2) is 0 Å². The summed E-state index contributed by atoms with van der Waals surface area (Å²) in [5.74, 6) is 1.03. The zero-order valence-corrected chi connectivity index (χ0v) is 14.2. The molecule has 1 amide bonds. The van der Waals surface area contributed by atoms with E-state index in [4.69, 9.17) is 4.74 Å². The van der Waals surface area contributed by atoms with Crippen LogP contribution >= 0.6 is 0 Å². The first-order valence-electron chi connectivity index (χ1n) is 8.06. The zero-order chi connectivity index (χ0) is 16.7. The van der Waals surface area contributed by atoms with Crippen molar-refractivity contribution in [2.24, 2.45) is 0 Å². The lowest BCUT2D eigenvalue weighted by molar-refractivity contribution is -0.133. The second-order valence-electron chi connectivity index (χ2n) is 5.95. The molecule has 0 aromatic heterocycles. The number of rotatable bonds is 7. The molecule has 2 rings (SSSR count).